The van der Waals surface area contributed by atoms with Gasteiger partial charge in [0.15, 0.2) is 0 Å². The third-order valence-corrected chi connectivity index (χ3v) is 8.92. The van der Waals surface area contributed by atoms with Crippen molar-refractivity contribution in [3.8, 4) is 0 Å². The first-order valence-corrected chi connectivity index (χ1v) is 15.9. The molecule has 0 aliphatic heterocycles. The van der Waals surface area contributed by atoms with Gasteiger partial charge >= 0.3 is 6.18 Å². The Morgan fingerprint density at radius 3 is 2.11 bits per heavy atom. The zero-order chi connectivity index (χ0) is 32.9. The highest BCUT2D eigenvalue weighted by Crippen LogP contribution is 2.38. The van der Waals surface area contributed by atoms with Gasteiger partial charge in [-0.2, -0.15) is 13.2 Å². The Balaban J connectivity index is 2.11. The lowest BCUT2D eigenvalue weighted by atomic mass is 10.1. The fraction of sp³-hybridized carbons (Fsp3) is 0.375. The van der Waals surface area contributed by atoms with E-state index in [1.54, 1.807) is 46.8 Å². The first kappa shape index (κ1) is 34.9. The van der Waals surface area contributed by atoms with Crippen molar-refractivity contribution in [1.29, 1.82) is 0 Å². The summed E-state index contributed by atoms with van der Waals surface area (Å²) in [6.07, 6.45) is -4.31. The van der Waals surface area contributed by atoms with Gasteiger partial charge in [-0.25, -0.2) is 8.42 Å². The van der Waals surface area contributed by atoms with Crippen molar-refractivity contribution < 1.29 is 31.2 Å². The number of hydrogen-bond donors (Lipinski definition) is 1. The molecule has 3 rings (SSSR count). The molecular formula is C32H37ClF3N3O4S. The van der Waals surface area contributed by atoms with Gasteiger partial charge in [-0.3, -0.25) is 13.9 Å². The van der Waals surface area contributed by atoms with E-state index < -0.39 is 62.4 Å². The van der Waals surface area contributed by atoms with Crippen LogP contribution in [0.5, 0.6) is 0 Å². The Morgan fingerprint density at radius 1 is 0.955 bits per heavy atom. The summed E-state index contributed by atoms with van der Waals surface area (Å²) in [5.41, 5.74) is -0.610. The highest BCUT2D eigenvalue weighted by molar-refractivity contribution is 7.92. The third-order valence-electron chi connectivity index (χ3n) is 6.80. The molecule has 2 amide bonds. The molecule has 44 heavy (non-hydrogen) atoms. The van der Waals surface area contributed by atoms with Crippen molar-refractivity contribution in [3.63, 3.8) is 0 Å². The van der Waals surface area contributed by atoms with E-state index in [2.05, 4.69) is 5.32 Å². The summed E-state index contributed by atoms with van der Waals surface area (Å²) in [6.45, 7) is 8.07. The van der Waals surface area contributed by atoms with Crippen LogP contribution in [0, 0.1) is 6.92 Å². The smallest absolute Gasteiger partial charge is 0.350 e. The molecule has 0 unspecified atom stereocenters. The van der Waals surface area contributed by atoms with Crippen molar-refractivity contribution >= 4 is 39.1 Å². The molecule has 1 atom stereocenters. The lowest BCUT2D eigenvalue weighted by Gasteiger charge is -2.35. The quantitative estimate of drug-likeness (QED) is 0.252. The van der Waals surface area contributed by atoms with Crippen molar-refractivity contribution in [1.82, 2.24) is 10.2 Å². The van der Waals surface area contributed by atoms with Crippen LogP contribution in [0.15, 0.2) is 77.7 Å². The monoisotopic (exact) mass is 651 g/mol. The molecule has 0 aliphatic rings. The fourth-order valence-electron chi connectivity index (χ4n) is 4.60. The lowest BCUT2D eigenvalue weighted by Crippen LogP contribution is -2.56. The molecule has 0 heterocycles. The van der Waals surface area contributed by atoms with Gasteiger partial charge in [-0.1, -0.05) is 66.6 Å². The SMILES string of the molecule is CC[C@H](C(=O)NC(C)(C)C)N(CCc1ccccc1)C(=O)CN(c1ccc(Cl)c(C(F)(F)F)c1)S(=O)(=O)c1ccc(C)cc1. The van der Waals surface area contributed by atoms with E-state index in [1.807, 2.05) is 30.3 Å². The number of carbonyl (C=O) groups excluding carboxylic acids is 2. The largest absolute Gasteiger partial charge is 0.417 e. The number of rotatable bonds is 11. The van der Waals surface area contributed by atoms with Crippen molar-refractivity contribution in [2.75, 3.05) is 17.4 Å². The molecule has 0 fully saturated rings. The number of nitrogens with zero attached hydrogens (tertiary/aromatic N) is 2. The van der Waals surface area contributed by atoms with Gasteiger partial charge < -0.3 is 10.2 Å². The summed E-state index contributed by atoms with van der Waals surface area (Å²) in [5.74, 6) is -1.18. The van der Waals surface area contributed by atoms with Crippen LogP contribution in [0.4, 0.5) is 18.9 Å². The topological polar surface area (TPSA) is 86.8 Å². The van der Waals surface area contributed by atoms with Crippen LogP contribution in [-0.2, 0) is 32.2 Å². The number of anilines is 1. The molecule has 0 bridgehead atoms. The highest BCUT2D eigenvalue weighted by atomic mass is 35.5. The van der Waals surface area contributed by atoms with Crippen LogP contribution in [0.2, 0.25) is 5.02 Å². The summed E-state index contributed by atoms with van der Waals surface area (Å²) in [7, 11) is -4.55. The van der Waals surface area contributed by atoms with E-state index in [4.69, 9.17) is 11.6 Å². The number of alkyl halides is 3. The van der Waals surface area contributed by atoms with E-state index in [0.29, 0.717) is 16.8 Å². The van der Waals surface area contributed by atoms with E-state index in [1.165, 1.54) is 17.0 Å². The molecule has 238 valence electrons. The van der Waals surface area contributed by atoms with Crippen molar-refractivity contribution in [2.24, 2.45) is 0 Å². The maximum atomic E-state index is 14.1. The van der Waals surface area contributed by atoms with E-state index in [-0.39, 0.29) is 17.9 Å². The van der Waals surface area contributed by atoms with Crippen LogP contribution in [0.1, 0.15) is 50.8 Å². The summed E-state index contributed by atoms with van der Waals surface area (Å²) in [6, 6.07) is 16.7. The van der Waals surface area contributed by atoms with Gasteiger partial charge in [-0.15, -0.1) is 0 Å². The molecule has 12 heteroatoms. The highest BCUT2D eigenvalue weighted by Gasteiger charge is 2.37. The Hall–Kier alpha value is -3.57. The van der Waals surface area contributed by atoms with Gasteiger partial charge in [0.05, 0.1) is 21.2 Å². The zero-order valence-electron chi connectivity index (χ0n) is 25.3. The number of carbonyl (C=O) groups is 2. The van der Waals surface area contributed by atoms with Crippen LogP contribution < -0.4 is 9.62 Å². The minimum Gasteiger partial charge on any atom is -0.350 e. The van der Waals surface area contributed by atoms with Gasteiger partial charge in [-0.05, 0) is 76.4 Å². The maximum absolute atomic E-state index is 14.1. The number of halogens is 4. The summed E-state index contributed by atoms with van der Waals surface area (Å²) in [5, 5.41) is 2.26. The molecule has 7 nitrogen and oxygen atoms in total. The molecule has 1 N–H and O–H groups in total. The van der Waals surface area contributed by atoms with Gasteiger partial charge in [0.2, 0.25) is 11.8 Å². The predicted octanol–water partition coefficient (Wildman–Crippen LogP) is 6.63. The Bertz CT molecular complexity index is 1560. The second kappa shape index (κ2) is 14.0. The zero-order valence-corrected chi connectivity index (χ0v) is 26.9. The van der Waals surface area contributed by atoms with Gasteiger partial charge in [0.25, 0.3) is 10.0 Å². The number of hydrogen-bond acceptors (Lipinski definition) is 4. The Kier molecular flexibility index (Phi) is 11.1. The molecule has 0 saturated heterocycles. The molecule has 0 spiro atoms. The number of nitrogens with one attached hydrogen (secondary N) is 1. The Morgan fingerprint density at radius 2 is 1.57 bits per heavy atom. The second-order valence-electron chi connectivity index (χ2n) is 11.5. The van der Waals surface area contributed by atoms with Gasteiger partial charge in [0.1, 0.15) is 12.6 Å². The first-order chi connectivity index (χ1) is 20.4. The van der Waals surface area contributed by atoms with Crippen LogP contribution in [-0.4, -0.2) is 49.8 Å². The molecule has 3 aromatic rings. The first-order valence-electron chi connectivity index (χ1n) is 14.1. The predicted molar refractivity (Wildman–Crippen MR) is 166 cm³/mol. The fourth-order valence-corrected chi connectivity index (χ4v) is 6.23. The van der Waals surface area contributed by atoms with E-state index in [9.17, 15) is 31.2 Å². The third kappa shape index (κ3) is 8.98. The molecule has 0 aromatic heterocycles. The molecule has 0 saturated carbocycles. The lowest BCUT2D eigenvalue weighted by molar-refractivity contribution is -0.140. The maximum Gasteiger partial charge on any atom is 0.417 e. The summed E-state index contributed by atoms with van der Waals surface area (Å²) in [4.78, 5) is 28.5. The summed E-state index contributed by atoms with van der Waals surface area (Å²) >= 11 is 5.83. The average molecular weight is 652 g/mol. The van der Waals surface area contributed by atoms with Crippen LogP contribution in [0.25, 0.3) is 0 Å². The van der Waals surface area contributed by atoms with Gasteiger partial charge in [0, 0.05) is 12.1 Å². The molecule has 0 radical (unpaired) electrons. The molecule has 3 aromatic carbocycles. The van der Waals surface area contributed by atoms with E-state index in [0.717, 1.165) is 23.3 Å². The van der Waals surface area contributed by atoms with E-state index >= 15 is 0 Å². The average Bonchev–Trinajstić information content (AvgIpc) is 2.93. The summed E-state index contributed by atoms with van der Waals surface area (Å²) < 4.78 is 70.0. The second-order valence-corrected chi connectivity index (χ2v) is 13.7. The minimum atomic E-state index is -4.88. The molecule has 0 aliphatic carbocycles. The normalized spacial score (nSPS) is 12.8. The van der Waals surface area contributed by atoms with Crippen LogP contribution in [0.3, 0.4) is 0 Å². The minimum absolute atomic E-state index is 0.0613. The van der Waals surface area contributed by atoms with Crippen molar-refractivity contribution in [2.45, 2.75) is 70.1 Å². The number of amides is 2. The van der Waals surface area contributed by atoms with Crippen molar-refractivity contribution in [3.05, 3.63) is 94.5 Å². The number of sulfonamides is 1. The number of aryl methyl sites for hydroxylation is 1. The van der Waals surface area contributed by atoms with Crippen LogP contribution >= 0.6 is 11.6 Å². The Labute approximate surface area is 262 Å². The molecular weight excluding hydrogens is 615 g/mol. The standard InChI is InChI=1S/C32H37ClF3N3O4S/c1-6-28(30(41)37-31(3,4)5)38(19-18-23-10-8-7-9-11-23)29(40)21-39(44(42,43)25-15-12-22(2)13-16-25)24-14-17-27(33)26(20-24)32(34,35)36/h7-17,20,28H,6,18-19,21H2,1-5H3,(H,37,41)/t28-/m1/s1. The number of benzene rings is 3.